The molecule has 0 amide bonds. The summed E-state index contributed by atoms with van der Waals surface area (Å²) in [6.45, 7) is 5.95. The van der Waals surface area contributed by atoms with Crippen molar-refractivity contribution in [3.8, 4) is 0 Å². The van der Waals surface area contributed by atoms with Crippen LogP contribution in [-0.4, -0.2) is 25.0 Å². The van der Waals surface area contributed by atoms with E-state index in [1.807, 2.05) is 20.8 Å². The average Bonchev–Trinajstić information content (AvgIpc) is 2.14. The average molecular weight is 300 g/mol. The van der Waals surface area contributed by atoms with E-state index >= 15 is 0 Å². The van der Waals surface area contributed by atoms with E-state index in [-0.39, 0.29) is 11.3 Å². The molecule has 0 aliphatic rings. The van der Waals surface area contributed by atoms with E-state index in [0.717, 1.165) is 31.0 Å². The van der Waals surface area contributed by atoms with Crippen LogP contribution in [0.1, 0.15) is 46.5 Å². The van der Waals surface area contributed by atoms with Gasteiger partial charge in [0.1, 0.15) is 0 Å². The number of unbranched alkanes of at least 4 members (excludes halogenated alkanes) is 1. The van der Waals surface area contributed by atoms with Crippen LogP contribution >= 0.6 is 15.9 Å². The third kappa shape index (κ3) is 6.53. The third-order valence-electron chi connectivity index (χ3n) is 2.60. The molecule has 5 heteroatoms. The lowest BCUT2D eigenvalue weighted by atomic mass is 9.98. The first-order valence-electron chi connectivity index (χ1n) is 5.46. The van der Waals surface area contributed by atoms with Crippen LogP contribution in [0.2, 0.25) is 0 Å². The first-order chi connectivity index (χ1) is 6.89. The van der Waals surface area contributed by atoms with Crippen LogP contribution in [0.15, 0.2) is 0 Å². The first-order valence-corrected chi connectivity index (χ1v) is 8.24. The second kappa shape index (κ2) is 6.86. The molecule has 0 spiro atoms. The molecule has 1 unspecified atom stereocenters. The fourth-order valence-corrected chi connectivity index (χ4v) is 3.91. The molecule has 0 aromatic carbocycles. The number of halogens is 1. The summed E-state index contributed by atoms with van der Waals surface area (Å²) in [5.74, 6) is 0.237. The zero-order valence-corrected chi connectivity index (χ0v) is 12.2. The third-order valence-corrected chi connectivity index (χ3v) is 4.62. The van der Waals surface area contributed by atoms with Gasteiger partial charge in [-0.05, 0) is 26.2 Å². The molecule has 15 heavy (non-hydrogen) atoms. The molecule has 0 bridgehead atoms. The molecule has 0 heterocycles. The fraction of sp³-hybridized carbons (Fsp3) is 1.00. The van der Waals surface area contributed by atoms with Crippen molar-refractivity contribution in [1.82, 2.24) is 4.72 Å². The van der Waals surface area contributed by atoms with Gasteiger partial charge in [-0.2, -0.15) is 0 Å². The number of sulfonamides is 1. The maximum Gasteiger partial charge on any atom is 0.212 e. The highest BCUT2D eigenvalue weighted by molar-refractivity contribution is 9.09. The van der Waals surface area contributed by atoms with Crippen molar-refractivity contribution in [3.05, 3.63) is 0 Å². The highest BCUT2D eigenvalue weighted by Crippen LogP contribution is 2.17. The van der Waals surface area contributed by atoms with Gasteiger partial charge in [0.25, 0.3) is 0 Å². The van der Waals surface area contributed by atoms with Crippen LogP contribution in [-0.2, 0) is 10.0 Å². The van der Waals surface area contributed by atoms with Crippen LogP contribution in [0, 0.1) is 0 Å². The Hall–Kier alpha value is 0.390. The summed E-state index contributed by atoms with van der Waals surface area (Å²) in [4.78, 5) is 0. The number of hydrogen-bond acceptors (Lipinski definition) is 2. The molecule has 92 valence electrons. The van der Waals surface area contributed by atoms with Gasteiger partial charge in [-0.15, -0.1) is 0 Å². The summed E-state index contributed by atoms with van der Waals surface area (Å²) >= 11 is 3.35. The fourth-order valence-electron chi connectivity index (χ4n) is 1.27. The van der Waals surface area contributed by atoms with Gasteiger partial charge in [-0.3, -0.25) is 0 Å². The van der Waals surface area contributed by atoms with Gasteiger partial charge in [0.15, 0.2) is 0 Å². The van der Waals surface area contributed by atoms with Crippen molar-refractivity contribution in [3.63, 3.8) is 0 Å². The van der Waals surface area contributed by atoms with Gasteiger partial charge in [0.2, 0.25) is 10.0 Å². The van der Waals surface area contributed by atoms with Crippen molar-refractivity contribution < 1.29 is 8.42 Å². The molecule has 1 N–H and O–H groups in total. The predicted molar refractivity (Wildman–Crippen MR) is 68.9 cm³/mol. The molecular formula is C10H22BrNO2S. The molecule has 0 aromatic rings. The molecule has 3 nitrogen and oxygen atoms in total. The van der Waals surface area contributed by atoms with Crippen molar-refractivity contribution in [2.75, 3.05) is 11.1 Å². The van der Waals surface area contributed by atoms with Crippen molar-refractivity contribution in [2.24, 2.45) is 0 Å². The summed E-state index contributed by atoms with van der Waals surface area (Å²) in [5, 5.41) is 0.813. The highest BCUT2D eigenvalue weighted by atomic mass is 79.9. The molecular weight excluding hydrogens is 278 g/mol. The first kappa shape index (κ1) is 15.4. The number of nitrogens with one attached hydrogen (secondary N) is 1. The standard InChI is InChI=1S/C10H22BrNO2S/c1-4-6-9-15(13,14)12-10(3,5-2)7-8-11/h12H,4-9H2,1-3H3. The minimum absolute atomic E-state index is 0.237. The molecule has 1 atom stereocenters. The van der Waals surface area contributed by atoms with Crippen LogP contribution in [0.5, 0.6) is 0 Å². The molecule has 0 fully saturated rings. The summed E-state index contributed by atoms with van der Waals surface area (Å²) in [5.41, 5.74) is -0.309. The zero-order valence-electron chi connectivity index (χ0n) is 9.85. The van der Waals surface area contributed by atoms with E-state index in [4.69, 9.17) is 0 Å². The number of hydrogen-bond donors (Lipinski definition) is 1. The van der Waals surface area contributed by atoms with Gasteiger partial charge in [0.05, 0.1) is 5.75 Å². The molecule has 0 saturated heterocycles. The van der Waals surface area contributed by atoms with Crippen LogP contribution in [0.4, 0.5) is 0 Å². The van der Waals surface area contributed by atoms with Crippen molar-refractivity contribution >= 4 is 26.0 Å². The second-order valence-electron chi connectivity index (χ2n) is 4.13. The van der Waals surface area contributed by atoms with Gasteiger partial charge in [0, 0.05) is 10.9 Å². The van der Waals surface area contributed by atoms with E-state index in [1.165, 1.54) is 0 Å². The summed E-state index contributed by atoms with van der Waals surface area (Å²) in [6.07, 6.45) is 3.25. The molecule has 0 aromatic heterocycles. The van der Waals surface area contributed by atoms with E-state index in [2.05, 4.69) is 20.7 Å². The minimum atomic E-state index is -3.11. The Morgan fingerprint density at radius 3 is 2.33 bits per heavy atom. The van der Waals surface area contributed by atoms with E-state index in [0.29, 0.717) is 0 Å². The van der Waals surface area contributed by atoms with Crippen LogP contribution in [0.25, 0.3) is 0 Å². The number of alkyl halides is 1. The lowest BCUT2D eigenvalue weighted by Gasteiger charge is -2.28. The van der Waals surface area contributed by atoms with Crippen LogP contribution < -0.4 is 4.72 Å². The van der Waals surface area contributed by atoms with Gasteiger partial charge in [-0.1, -0.05) is 36.2 Å². The monoisotopic (exact) mass is 299 g/mol. The Labute approximate surface area is 102 Å². The smallest absolute Gasteiger partial charge is 0.212 e. The normalized spacial score (nSPS) is 16.3. The Morgan fingerprint density at radius 2 is 1.93 bits per heavy atom. The summed E-state index contributed by atoms with van der Waals surface area (Å²) < 4.78 is 26.2. The Bertz CT molecular complexity index is 267. The molecule has 0 rings (SSSR count). The Morgan fingerprint density at radius 1 is 1.33 bits per heavy atom. The Kier molecular flexibility index (Phi) is 7.04. The molecule has 0 aliphatic heterocycles. The van der Waals surface area contributed by atoms with Crippen molar-refractivity contribution in [2.45, 2.75) is 52.0 Å². The lowest BCUT2D eigenvalue weighted by Crippen LogP contribution is -2.46. The maximum atomic E-state index is 11.7. The summed E-state index contributed by atoms with van der Waals surface area (Å²) in [7, 11) is -3.11. The van der Waals surface area contributed by atoms with Crippen molar-refractivity contribution in [1.29, 1.82) is 0 Å². The lowest BCUT2D eigenvalue weighted by molar-refractivity contribution is 0.392. The van der Waals surface area contributed by atoms with Crippen LogP contribution in [0.3, 0.4) is 0 Å². The number of rotatable bonds is 8. The largest absolute Gasteiger partial charge is 0.212 e. The molecule has 0 saturated carbocycles. The topological polar surface area (TPSA) is 46.2 Å². The Balaban J connectivity index is 4.39. The molecule has 0 aliphatic carbocycles. The highest BCUT2D eigenvalue weighted by Gasteiger charge is 2.26. The zero-order chi connectivity index (χ0) is 11.9. The van der Waals surface area contributed by atoms with Gasteiger partial charge >= 0.3 is 0 Å². The SMILES string of the molecule is CCCCS(=O)(=O)NC(C)(CC)CCBr. The maximum absolute atomic E-state index is 11.7. The quantitative estimate of drug-likeness (QED) is 0.701. The predicted octanol–water partition coefficient (Wildman–Crippen LogP) is 2.66. The second-order valence-corrected chi connectivity index (χ2v) is 6.76. The minimum Gasteiger partial charge on any atom is -0.212 e. The van der Waals surface area contributed by atoms with Gasteiger partial charge < -0.3 is 0 Å². The van der Waals surface area contributed by atoms with E-state index in [9.17, 15) is 8.42 Å². The van der Waals surface area contributed by atoms with E-state index in [1.54, 1.807) is 0 Å². The van der Waals surface area contributed by atoms with Gasteiger partial charge in [-0.25, -0.2) is 13.1 Å². The molecule has 0 radical (unpaired) electrons. The summed E-state index contributed by atoms with van der Waals surface area (Å²) in [6, 6.07) is 0. The van der Waals surface area contributed by atoms with E-state index < -0.39 is 10.0 Å².